The molecule has 27 nitrogen and oxygen atoms in total. The molecule has 9 heterocycles. The Morgan fingerprint density at radius 2 is 0.341 bits per heavy atom. The van der Waals surface area contributed by atoms with E-state index in [0.29, 0.717) is 0 Å². The summed E-state index contributed by atoms with van der Waals surface area (Å²) in [5, 5.41) is 65.9. The topological polar surface area (TPSA) is 247 Å². The molecular formula is C54H108I3N18O9Pr. The third kappa shape index (κ3) is 33.4. The number of rotatable bonds is 0. The summed E-state index contributed by atoms with van der Waals surface area (Å²) in [4.78, 5) is 53.8. The number of hydrogen-bond donors (Lipinski definition) is 0. The minimum atomic E-state index is 0. The molecule has 0 atom stereocenters. The van der Waals surface area contributed by atoms with Crippen LogP contribution in [-0.2, 0) is 0 Å². The number of amides is 6. The Balaban J connectivity index is -0.000000432. The van der Waals surface area contributed by atoms with Gasteiger partial charge >= 0.3 is 59.4 Å². The van der Waals surface area contributed by atoms with Crippen LogP contribution in [0.25, 0.3) is 0 Å². The summed E-state index contributed by atoms with van der Waals surface area (Å²) in [6, 6.07) is 1.26. The summed E-state index contributed by atoms with van der Waals surface area (Å²) in [7, 11) is 33.0. The van der Waals surface area contributed by atoms with E-state index in [1.165, 1.54) is 0 Å². The van der Waals surface area contributed by atoms with Crippen molar-refractivity contribution in [2.75, 3.05) is 245 Å². The summed E-state index contributed by atoms with van der Waals surface area (Å²) < 4.78 is 10.4. The zero-order chi connectivity index (χ0) is 61.7. The molecule has 31 heteroatoms. The first-order chi connectivity index (χ1) is 37.9. The summed E-state index contributed by atoms with van der Waals surface area (Å²) in [6.07, 6.45) is 9.86. The van der Waals surface area contributed by atoms with Crippen LogP contribution in [0.2, 0.25) is 0 Å². The first kappa shape index (κ1) is 88.4. The largest absolute Gasteiger partial charge is 3.00 e. The van der Waals surface area contributed by atoms with Crippen molar-refractivity contribution in [2.45, 2.75) is 57.8 Å². The predicted molar refractivity (Wildman–Crippen MR) is 306 cm³/mol. The average Bonchev–Trinajstić information content (AvgIpc) is 3.42. The smallest absolute Gasteiger partial charge is 1.00 e. The van der Waals surface area contributed by atoms with E-state index in [-0.39, 0.29) is 167 Å². The molecule has 85 heavy (non-hydrogen) atoms. The summed E-state index contributed by atoms with van der Waals surface area (Å²) in [5.41, 5.74) is 0. The van der Waals surface area contributed by atoms with Gasteiger partial charge in [-0.25, -0.2) is 14.4 Å². The summed E-state index contributed by atoms with van der Waals surface area (Å²) in [5.74, 6) is 0. The first-order valence-electron chi connectivity index (χ1n) is 28.6. The van der Waals surface area contributed by atoms with E-state index in [0.717, 1.165) is 176 Å². The fraction of sp³-hybridized carbons (Fsp3) is 0.833. The molecular weight excluding hydrogens is 1570 g/mol. The van der Waals surface area contributed by atoms with Gasteiger partial charge in [-0.15, -0.1) is 0 Å². The van der Waals surface area contributed by atoms with Crippen LogP contribution in [0.4, 0.5) is 14.4 Å². The molecule has 0 aromatic rings. The number of carbonyl (C=O) groups is 3. The van der Waals surface area contributed by atoms with Crippen molar-refractivity contribution in [3.63, 3.8) is 0 Å². The zero-order valence-corrected chi connectivity index (χ0v) is 65.2. The predicted octanol–water partition coefficient (Wildman–Crippen LogP) is -15.8. The summed E-state index contributed by atoms with van der Waals surface area (Å²) >= 11 is 0. The van der Waals surface area contributed by atoms with Crippen molar-refractivity contribution in [1.29, 1.82) is 0 Å². The zero-order valence-electron chi connectivity index (χ0n) is 55.0. The van der Waals surface area contributed by atoms with Crippen LogP contribution in [0.15, 0.2) is 0 Å². The van der Waals surface area contributed by atoms with E-state index in [4.69, 9.17) is 0 Å². The van der Waals surface area contributed by atoms with Gasteiger partial charge < -0.3 is 132 Å². The molecule has 0 unspecified atom stereocenters. The molecule has 0 aromatic heterocycles. The molecule has 0 spiro atoms. The van der Waals surface area contributed by atoms with Crippen molar-refractivity contribution in [1.82, 2.24) is 58.8 Å². The SMILES string of the molecule is CN1CCCN(C)C1=O.CN1CCCN(C)C1=O.CN1CCCN(C)C1=O.CN1CCC[N+](C)=C1[O-].CN1CCC[N+](C)=C1[O-].CN1CCC[N+](C)=C1[O-].CN1CCC[N+](C)=C1[O-].CN1CCC[N+](C)=C1[O-].CN1CCC[N+](C)=C1[O-].[I-].[I-].[I-].[Pr+3]. The fourth-order valence-electron chi connectivity index (χ4n) is 9.25. The van der Waals surface area contributed by atoms with Gasteiger partial charge in [-0.2, -0.15) is 0 Å². The second-order valence-corrected chi connectivity index (χ2v) is 22.3. The van der Waals surface area contributed by atoms with Crippen molar-refractivity contribution >= 4 is 54.2 Å². The fourth-order valence-corrected chi connectivity index (χ4v) is 9.25. The van der Waals surface area contributed by atoms with Crippen molar-refractivity contribution in [2.24, 2.45) is 0 Å². The molecule has 0 bridgehead atoms. The van der Waals surface area contributed by atoms with Gasteiger partial charge in [0.25, 0.3) is 0 Å². The molecule has 9 aliphatic rings. The maximum Gasteiger partial charge on any atom is 3.00 e. The van der Waals surface area contributed by atoms with Crippen LogP contribution < -0.4 is 103 Å². The van der Waals surface area contributed by atoms with E-state index < -0.39 is 0 Å². The summed E-state index contributed by atoms with van der Waals surface area (Å²) in [6.45, 7) is 16.3. The normalized spacial score (nSPS) is 19.9. The van der Waals surface area contributed by atoms with Gasteiger partial charge in [-0.05, 0) is 19.3 Å². The Morgan fingerprint density at radius 3 is 0.424 bits per heavy atom. The molecule has 6 amide bonds. The van der Waals surface area contributed by atoms with Gasteiger partial charge in [0.05, 0.1) is 163 Å². The number of nitrogens with zero attached hydrogens (tertiary/aromatic N) is 18. The third-order valence-electron chi connectivity index (χ3n) is 14.8. The number of halogens is 3. The molecule has 3 fully saturated rings. The van der Waals surface area contributed by atoms with Crippen LogP contribution in [0.1, 0.15) is 57.8 Å². The van der Waals surface area contributed by atoms with Crippen LogP contribution in [0.3, 0.4) is 0 Å². The standard InChI is InChI=1S/9C6H12N2O.3HI.Pr/c9*1-7-4-3-5-8(2)6(7)9;;;;/h9*3-5H2,1-2H3;3*1H;/q;;;;;;;;;;;;+3/p-3. The molecule has 9 rings (SSSR count). The molecule has 0 saturated carbocycles. The Kier molecular flexibility index (Phi) is 48.9. The monoisotopic (exact) mass is 1670 g/mol. The van der Waals surface area contributed by atoms with E-state index in [9.17, 15) is 45.0 Å². The average molecular weight is 1680 g/mol. The quantitative estimate of drug-likeness (QED) is 0.162. The minimum absolute atomic E-state index is 0. The Labute approximate surface area is 595 Å². The maximum absolute atomic E-state index is 11.0. The van der Waals surface area contributed by atoms with Crippen molar-refractivity contribution in [3.8, 4) is 0 Å². The van der Waals surface area contributed by atoms with Gasteiger partial charge in [0.15, 0.2) is 0 Å². The molecule has 492 valence electrons. The number of amidine groups is 6. The van der Waals surface area contributed by atoms with E-state index in [2.05, 4.69) is 0 Å². The van der Waals surface area contributed by atoms with Crippen LogP contribution in [0.5, 0.6) is 0 Å². The Morgan fingerprint density at radius 1 is 0.235 bits per heavy atom. The third-order valence-corrected chi connectivity index (χ3v) is 14.8. The van der Waals surface area contributed by atoms with Gasteiger partial charge in [0.1, 0.15) is 0 Å². The van der Waals surface area contributed by atoms with Crippen LogP contribution in [0, 0.1) is 41.3 Å². The number of carbonyl (C=O) groups excluding carboxylic acids is 3. The van der Waals surface area contributed by atoms with E-state index >= 15 is 0 Å². The van der Waals surface area contributed by atoms with Crippen LogP contribution in [-0.4, -0.2) is 385 Å². The second-order valence-electron chi connectivity index (χ2n) is 22.3. The Bertz CT molecular complexity index is 1810. The molecule has 0 aliphatic carbocycles. The van der Waals surface area contributed by atoms with Gasteiger partial charge in [-0.1, -0.05) is 0 Å². The van der Waals surface area contributed by atoms with Crippen molar-refractivity contribution < 1.29 is 186 Å². The molecule has 0 N–H and O–H groups in total. The molecule has 9 aliphatic heterocycles. The van der Waals surface area contributed by atoms with Gasteiger partial charge in [0.2, 0.25) is 36.1 Å². The van der Waals surface area contributed by atoms with Crippen LogP contribution >= 0.6 is 0 Å². The number of urea groups is 3. The van der Waals surface area contributed by atoms with E-state index in [1.807, 2.05) is 127 Å². The number of hydrogen-bond acceptors (Lipinski definition) is 15. The minimum Gasteiger partial charge on any atom is -1.00 e. The molecule has 3 saturated heterocycles. The van der Waals surface area contributed by atoms with Gasteiger partial charge in [-0.3, -0.25) is 56.9 Å². The molecule has 0 aromatic carbocycles. The van der Waals surface area contributed by atoms with E-state index in [1.54, 1.807) is 86.3 Å². The maximum atomic E-state index is 11.0. The first-order valence-corrected chi connectivity index (χ1v) is 28.6. The van der Waals surface area contributed by atoms with Gasteiger partial charge in [0, 0.05) is 120 Å². The Hall–Kier alpha value is -3.02. The molecule has 0 radical (unpaired) electrons. The second kappa shape index (κ2) is 47.0. The van der Waals surface area contributed by atoms with Crippen molar-refractivity contribution in [3.05, 3.63) is 0 Å².